The fourth-order valence-electron chi connectivity index (χ4n) is 5.91. The summed E-state index contributed by atoms with van der Waals surface area (Å²) in [4.78, 5) is 87.8. The number of hydrogen-bond donors (Lipinski definition) is 6. The van der Waals surface area contributed by atoms with Crippen molar-refractivity contribution in [3.05, 3.63) is 89.5 Å². The van der Waals surface area contributed by atoms with E-state index < -0.39 is 72.3 Å². The summed E-state index contributed by atoms with van der Waals surface area (Å²) >= 11 is 0. The SMILES string of the molecule is CC(C)C[C@H](NC(=O)Nc1ccc(C(=O)O)cc1)C(=O)N[C@@H](CC(N)=O)C(=O)CC(=O)[C@H](C)NCC(=O)OCC1c2ccccc2-c2ccccc21. The second-order valence-corrected chi connectivity index (χ2v) is 13.0. The summed E-state index contributed by atoms with van der Waals surface area (Å²) in [6.07, 6.45) is -1.10. The third kappa shape index (κ3) is 10.6. The van der Waals surface area contributed by atoms with Gasteiger partial charge < -0.3 is 31.5 Å². The van der Waals surface area contributed by atoms with Crippen LogP contribution in [0.4, 0.5) is 10.5 Å². The van der Waals surface area contributed by atoms with Crippen LogP contribution in [0.25, 0.3) is 11.1 Å². The molecule has 274 valence electrons. The van der Waals surface area contributed by atoms with Crippen LogP contribution in [0, 0.1) is 5.92 Å². The number of ether oxygens (including phenoxy) is 1. The molecule has 1 aliphatic rings. The molecular formula is C38H43N5O9. The molecule has 0 radical (unpaired) electrons. The van der Waals surface area contributed by atoms with Crippen molar-refractivity contribution >= 4 is 47.0 Å². The van der Waals surface area contributed by atoms with Crippen LogP contribution in [0.15, 0.2) is 72.8 Å². The Bertz CT molecular complexity index is 1780. The standard InChI is InChI=1S/C38H43N5O9/c1-21(2)16-31(43-38(51)41-24-14-12-23(13-15-24)37(49)50)36(48)42-30(17-34(39)46)33(45)18-32(44)22(3)40-19-35(47)52-20-29-27-10-6-4-8-25(27)26-9-5-7-11-28(26)29/h4-15,21-22,29-31,40H,16-20H2,1-3H3,(H2,39,46)(H,42,48)(H,49,50)(H2,41,43,51)/t22-,30-,31-/m0/s1. The fraction of sp³-hybridized carbons (Fsp3) is 0.342. The summed E-state index contributed by atoms with van der Waals surface area (Å²) in [5.74, 6) is -4.98. The first-order chi connectivity index (χ1) is 24.7. The van der Waals surface area contributed by atoms with E-state index in [-0.39, 0.29) is 42.7 Å². The second-order valence-electron chi connectivity index (χ2n) is 13.0. The maximum atomic E-state index is 13.3. The molecule has 14 nitrogen and oxygen atoms in total. The monoisotopic (exact) mass is 713 g/mol. The summed E-state index contributed by atoms with van der Waals surface area (Å²) in [7, 11) is 0. The van der Waals surface area contributed by atoms with Crippen LogP contribution in [-0.4, -0.2) is 77.7 Å². The number of carboxylic acid groups (broad SMARTS) is 1. The topological polar surface area (TPSA) is 223 Å². The van der Waals surface area contributed by atoms with Crippen molar-refractivity contribution in [1.29, 1.82) is 0 Å². The molecular weight excluding hydrogens is 670 g/mol. The number of urea groups is 1. The maximum Gasteiger partial charge on any atom is 0.335 e. The minimum atomic E-state index is -1.45. The first-order valence-electron chi connectivity index (χ1n) is 16.9. The van der Waals surface area contributed by atoms with E-state index in [1.54, 1.807) is 0 Å². The highest BCUT2D eigenvalue weighted by Gasteiger charge is 2.31. The summed E-state index contributed by atoms with van der Waals surface area (Å²) in [5.41, 5.74) is 9.94. The molecule has 0 spiro atoms. The second kappa shape index (κ2) is 17.9. The molecule has 3 aromatic carbocycles. The highest BCUT2D eigenvalue weighted by atomic mass is 16.5. The molecule has 0 heterocycles. The zero-order valence-corrected chi connectivity index (χ0v) is 29.1. The molecule has 14 heteroatoms. The largest absolute Gasteiger partial charge is 0.478 e. The zero-order chi connectivity index (χ0) is 37.9. The van der Waals surface area contributed by atoms with Crippen molar-refractivity contribution in [3.8, 4) is 11.1 Å². The van der Waals surface area contributed by atoms with Crippen molar-refractivity contribution in [3.63, 3.8) is 0 Å². The van der Waals surface area contributed by atoms with Gasteiger partial charge in [0.25, 0.3) is 0 Å². The summed E-state index contributed by atoms with van der Waals surface area (Å²) in [6.45, 7) is 4.91. The quantitative estimate of drug-likeness (QED) is 0.0835. The first-order valence-corrected chi connectivity index (χ1v) is 16.9. The molecule has 52 heavy (non-hydrogen) atoms. The van der Waals surface area contributed by atoms with Gasteiger partial charge in [0.15, 0.2) is 11.6 Å². The normalized spacial score (nSPS) is 13.5. The highest BCUT2D eigenvalue weighted by molar-refractivity contribution is 6.06. The number of rotatable bonds is 18. The third-order valence-electron chi connectivity index (χ3n) is 8.59. The number of hydrogen-bond acceptors (Lipinski definition) is 9. The van der Waals surface area contributed by atoms with Crippen molar-refractivity contribution in [2.24, 2.45) is 11.7 Å². The molecule has 0 aromatic heterocycles. The molecule has 0 bridgehead atoms. The Hall–Kier alpha value is -5.89. The molecule has 4 rings (SSSR count). The van der Waals surface area contributed by atoms with Gasteiger partial charge >= 0.3 is 18.0 Å². The lowest BCUT2D eigenvalue weighted by molar-refractivity contribution is -0.143. The van der Waals surface area contributed by atoms with Crippen LogP contribution in [0.1, 0.15) is 67.4 Å². The number of primary amides is 1. The van der Waals surface area contributed by atoms with Crippen molar-refractivity contribution in [1.82, 2.24) is 16.0 Å². The number of nitrogens with one attached hydrogen (secondary N) is 4. The van der Waals surface area contributed by atoms with Gasteiger partial charge in [-0.3, -0.25) is 29.3 Å². The van der Waals surface area contributed by atoms with Gasteiger partial charge in [-0.15, -0.1) is 0 Å². The molecule has 3 aromatic rings. The fourth-order valence-corrected chi connectivity index (χ4v) is 5.91. The van der Waals surface area contributed by atoms with E-state index in [1.807, 2.05) is 62.4 Å². The number of carboxylic acids is 1. The van der Waals surface area contributed by atoms with Gasteiger partial charge in [-0.2, -0.15) is 0 Å². The number of ketones is 2. The van der Waals surface area contributed by atoms with Crippen molar-refractivity contribution < 1.29 is 43.4 Å². The van der Waals surface area contributed by atoms with Gasteiger partial charge in [-0.25, -0.2) is 9.59 Å². The van der Waals surface area contributed by atoms with E-state index in [4.69, 9.17) is 15.6 Å². The Balaban J connectivity index is 1.29. The lowest BCUT2D eigenvalue weighted by atomic mass is 9.98. The van der Waals surface area contributed by atoms with Crippen LogP contribution in [0.3, 0.4) is 0 Å². The number of benzene rings is 3. The molecule has 4 amide bonds. The van der Waals surface area contributed by atoms with Crippen LogP contribution < -0.4 is 27.0 Å². The number of nitrogens with two attached hydrogens (primary N) is 1. The van der Waals surface area contributed by atoms with E-state index in [1.165, 1.54) is 31.2 Å². The Kier molecular flexibility index (Phi) is 13.4. The number of esters is 1. The first kappa shape index (κ1) is 38.9. The zero-order valence-electron chi connectivity index (χ0n) is 29.1. The number of carbonyl (C=O) groups excluding carboxylic acids is 6. The van der Waals surface area contributed by atoms with E-state index >= 15 is 0 Å². The Labute approximate surface area is 300 Å². The molecule has 0 saturated heterocycles. The molecule has 0 aliphatic heterocycles. The van der Waals surface area contributed by atoms with Crippen LogP contribution in [0.5, 0.6) is 0 Å². The number of anilines is 1. The number of aromatic carboxylic acids is 1. The Morgan fingerprint density at radius 3 is 1.94 bits per heavy atom. The molecule has 3 atom stereocenters. The van der Waals surface area contributed by atoms with Gasteiger partial charge in [-0.05, 0) is 65.8 Å². The predicted octanol–water partition coefficient (Wildman–Crippen LogP) is 3.14. The van der Waals surface area contributed by atoms with Crippen molar-refractivity contribution in [2.75, 3.05) is 18.5 Å². The molecule has 0 saturated carbocycles. The van der Waals surface area contributed by atoms with E-state index in [0.717, 1.165) is 22.3 Å². The number of carbonyl (C=O) groups is 7. The van der Waals surface area contributed by atoms with Gasteiger partial charge in [-0.1, -0.05) is 62.4 Å². The maximum absolute atomic E-state index is 13.3. The average molecular weight is 714 g/mol. The van der Waals surface area contributed by atoms with Crippen LogP contribution in [-0.2, 0) is 28.7 Å². The van der Waals surface area contributed by atoms with Crippen LogP contribution in [0.2, 0.25) is 0 Å². The molecule has 0 unspecified atom stereocenters. The number of amides is 4. The third-order valence-corrected chi connectivity index (χ3v) is 8.59. The van der Waals surface area contributed by atoms with E-state index in [9.17, 15) is 33.6 Å². The number of fused-ring (bicyclic) bond motifs is 3. The minimum absolute atomic E-state index is 0.0208. The highest BCUT2D eigenvalue weighted by Crippen LogP contribution is 2.44. The molecule has 0 fully saturated rings. The lowest BCUT2D eigenvalue weighted by Crippen LogP contribution is -2.54. The Morgan fingerprint density at radius 1 is 0.788 bits per heavy atom. The van der Waals surface area contributed by atoms with Crippen LogP contribution >= 0.6 is 0 Å². The van der Waals surface area contributed by atoms with Gasteiger partial charge in [0.1, 0.15) is 12.6 Å². The van der Waals surface area contributed by atoms with E-state index in [0.29, 0.717) is 0 Å². The summed E-state index contributed by atoms with van der Waals surface area (Å²) < 4.78 is 5.57. The number of Topliss-reactive ketones (excluding diaryl/α,β-unsaturated/α-hetero) is 2. The molecule has 1 aliphatic carbocycles. The predicted molar refractivity (Wildman–Crippen MR) is 191 cm³/mol. The smallest absolute Gasteiger partial charge is 0.335 e. The van der Waals surface area contributed by atoms with Crippen molar-refractivity contribution in [2.45, 2.75) is 64.1 Å². The van der Waals surface area contributed by atoms with Gasteiger partial charge in [0, 0.05) is 11.6 Å². The Morgan fingerprint density at radius 2 is 1.38 bits per heavy atom. The summed E-state index contributed by atoms with van der Waals surface area (Å²) in [5, 5.41) is 19.3. The van der Waals surface area contributed by atoms with Gasteiger partial charge in [0.2, 0.25) is 11.8 Å². The average Bonchev–Trinajstić information content (AvgIpc) is 3.42. The lowest BCUT2D eigenvalue weighted by Gasteiger charge is -2.24. The molecule has 7 N–H and O–H groups in total. The minimum Gasteiger partial charge on any atom is -0.478 e. The summed E-state index contributed by atoms with van der Waals surface area (Å²) in [6, 6.07) is 16.9. The van der Waals surface area contributed by atoms with Gasteiger partial charge in [0.05, 0.1) is 37.0 Å². The van der Waals surface area contributed by atoms with E-state index in [2.05, 4.69) is 21.3 Å².